The molecule has 0 saturated heterocycles. The Morgan fingerprint density at radius 2 is 1.47 bits per heavy atom. The molecule has 17 heavy (non-hydrogen) atoms. The molecule has 0 fully saturated rings. The highest BCUT2D eigenvalue weighted by atomic mass is 16.7. The van der Waals surface area contributed by atoms with Crippen LogP contribution >= 0.6 is 0 Å². The summed E-state index contributed by atoms with van der Waals surface area (Å²) >= 11 is 0. The number of rotatable bonds is 4. The minimum atomic E-state index is -1.47. The third-order valence-corrected chi connectivity index (χ3v) is 2.07. The number of benzene rings is 2. The first-order valence-corrected chi connectivity index (χ1v) is 5.10. The summed E-state index contributed by atoms with van der Waals surface area (Å²) in [6, 6.07) is 15.1. The normalized spacial score (nSPS) is 9.71. The number of phenols is 1. The predicted octanol–water partition coefficient (Wildman–Crippen LogP) is 1.83. The molecule has 2 rings (SSSR count). The summed E-state index contributed by atoms with van der Waals surface area (Å²) in [6.07, 6.45) is 0. The molecule has 5 heteroatoms. The lowest BCUT2D eigenvalue weighted by molar-refractivity contribution is 0.290. The van der Waals surface area contributed by atoms with Gasteiger partial charge >= 0.3 is 7.32 Å². The maximum Gasteiger partial charge on any atom is 0.785 e. The first-order chi connectivity index (χ1) is 8.25. The minimum Gasteiger partial charge on any atom is -0.504 e. The van der Waals surface area contributed by atoms with Gasteiger partial charge in [0.25, 0.3) is 0 Å². The van der Waals surface area contributed by atoms with Crippen molar-refractivity contribution in [3.8, 4) is 17.2 Å². The van der Waals surface area contributed by atoms with Crippen LogP contribution in [0, 0.1) is 0 Å². The molecule has 0 aliphatic carbocycles. The second kappa shape index (κ2) is 5.27. The summed E-state index contributed by atoms with van der Waals surface area (Å²) in [7, 11) is -1.47. The summed E-state index contributed by atoms with van der Waals surface area (Å²) < 4.78 is 10.1. The fraction of sp³-hybridized carbons (Fsp3) is 0. The van der Waals surface area contributed by atoms with Crippen molar-refractivity contribution in [2.24, 2.45) is 0 Å². The van der Waals surface area contributed by atoms with Crippen LogP contribution in [0.25, 0.3) is 0 Å². The van der Waals surface area contributed by atoms with Crippen molar-refractivity contribution in [1.82, 2.24) is 0 Å². The van der Waals surface area contributed by atoms with E-state index in [0.717, 1.165) is 0 Å². The van der Waals surface area contributed by atoms with Crippen molar-refractivity contribution >= 4 is 7.32 Å². The number of hydrogen-bond acceptors (Lipinski definition) is 4. The van der Waals surface area contributed by atoms with Gasteiger partial charge in [0.1, 0.15) is 11.5 Å². The van der Waals surface area contributed by atoms with E-state index in [1.807, 2.05) is 6.07 Å². The predicted molar refractivity (Wildman–Crippen MR) is 63.8 cm³/mol. The zero-order valence-corrected chi connectivity index (χ0v) is 8.98. The highest BCUT2D eigenvalue weighted by molar-refractivity contribution is 6.36. The average molecular weight is 230 g/mol. The van der Waals surface area contributed by atoms with Gasteiger partial charge in [-0.15, -0.1) is 0 Å². The van der Waals surface area contributed by atoms with E-state index in [1.54, 1.807) is 36.4 Å². The van der Waals surface area contributed by atoms with Crippen molar-refractivity contribution in [2.45, 2.75) is 0 Å². The van der Waals surface area contributed by atoms with Gasteiger partial charge in [-0.1, -0.05) is 30.3 Å². The molecule has 2 aromatic rings. The maximum atomic E-state index is 9.52. The Morgan fingerprint density at radius 3 is 2.18 bits per heavy atom. The van der Waals surface area contributed by atoms with Gasteiger partial charge in [-0.05, 0) is 24.3 Å². The minimum absolute atomic E-state index is 0.0526. The first kappa shape index (κ1) is 11.4. The second-order valence-electron chi connectivity index (χ2n) is 3.32. The number of hydrogen-bond donors (Lipinski definition) is 2. The van der Waals surface area contributed by atoms with Gasteiger partial charge in [-0.25, -0.2) is 0 Å². The Bertz CT molecular complexity index is 475. The average Bonchev–Trinajstić information content (AvgIpc) is 2.33. The third-order valence-electron chi connectivity index (χ3n) is 2.07. The van der Waals surface area contributed by atoms with E-state index in [-0.39, 0.29) is 11.5 Å². The molecule has 0 spiro atoms. The van der Waals surface area contributed by atoms with Crippen LogP contribution in [0.3, 0.4) is 0 Å². The van der Waals surface area contributed by atoms with Crippen molar-refractivity contribution in [1.29, 1.82) is 0 Å². The van der Waals surface area contributed by atoms with Crippen molar-refractivity contribution in [3.05, 3.63) is 54.6 Å². The molecular formula is C12H11BO4. The number of para-hydroxylation sites is 3. The molecule has 2 aromatic carbocycles. The number of phenolic OH excluding ortho intramolecular Hbond substituents is 1. The molecule has 0 bridgehead atoms. The first-order valence-electron chi connectivity index (χ1n) is 5.10. The smallest absolute Gasteiger partial charge is 0.504 e. The summed E-state index contributed by atoms with van der Waals surface area (Å²) in [5.41, 5.74) is 0. The topological polar surface area (TPSA) is 58.9 Å². The largest absolute Gasteiger partial charge is 0.785 e. The van der Waals surface area contributed by atoms with E-state index in [9.17, 15) is 10.1 Å². The Balaban J connectivity index is 1.98. The van der Waals surface area contributed by atoms with Crippen LogP contribution < -0.4 is 9.31 Å². The summed E-state index contributed by atoms with van der Waals surface area (Å²) in [4.78, 5) is 0. The fourth-order valence-corrected chi connectivity index (χ4v) is 1.30. The van der Waals surface area contributed by atoms with E-state index >= 15 is 0 Å². The Kier molecular flexibility index (Phi) is 3.52. The molecule has 0 atom stereocenters. The van der Waals surface area contributed by atoms with Gasteiger partial charge < -0.3 is 19.4 Å². The van der Waals surface area contributed by atoms with Gasteiger partial charge in [0.2, 0.25) is 0 Å². The molecule has 0 aliphatic rings. The molecule has 0 amide bonds. The van der Waals surface area contributed by atoms with E-state index in [4.69, 9.17) is 9.31 Å². The van der Waals surface area contributed by atoms with Crippen molar-refractivity contribution in [3.63, 3.8) is 0 Å². The fourth-order valence-electron chi connectivity index (χ4n) is 1.30. The Labute approximate surface area is 99.2 Å². The highest BCUT2D eigenvalue weighted by Gasteiger charge is 2.22. The molecule has 0 radical (unpaired) electrons. The van der Waals surface area contributed by atoms with Crippen molar-refractivity contribution in [2.75, 3.05) is 0 Å². The van der Waals surface area contributed by atoms with Crippen LogP contribution in [0.15, 0.2) is 54.6 Å². The Morgan fingerprint density at radius 1 is 0.824 bits per heavy atom. The van der Waals surface area contributed by atoms with Gasteiger partial charge in [-0.3, -0.25) is 0 Å². The molecular weight excluding hydrogens is 219 g/mol. The lowest BCUT2D eigenvalue weighted by Gasteiger charge is -2.11. The Hall–Kier alpha value is -2.14. The van der Waals surface area contributed by atoms with Crippen LogP contribution in [-0.2, 0) is 0 Å². The van der Waals surface area contributed by atoms with Gasteiger partial charge in [0.15, 0.2) is 5.75 Å². The van der Waals surface area contributed by atoms with Crippen LogP contribution in [0.4, 0.5) is 0 Å². The van der Waals surface area contributed by atoms with Gasteiger partial charge in [0.05, 0.1) is 0 Å². The lowest BCUT2D eigenvalue weighted by Crippen LogP contribution is -2.29. The molecule has 0 aliphatic heterocycles. The van der Waals surface area contributed by atoms with Crippen LogP contribution in [0.5, 0.6) is 17.2 Å². The quantitative estimate of drug-likeness (QED) is 0.786. The molecule has 4 nitrogen and oxygen atoms in total. The highest BCUT2D eigenvalue weighted by Crippen LogP contribution is 2.24. The van der Waals surface area contributed by atoms with E-state index in [0.29, 0.717) is 5.75 Å². The lowest BCUT2D eigenvalue weighted by atomic mass is 10.2. The summed E-state index contributed by atoms with van der Waals surface area (Å²) in [5, 5.41) is 19.0. The molecule has 2 N–H and O–H groups in total. The maximum absolute atomic E-state index is 9.52. The zero-order chi connectivity index (χ0) is 12.1. The van der Waals surface area contributed by atoms with Gasteiger partial charge in [0, 0.05) is 0 Å². The summed E-state index contributed by atoms with van der Waals surface area (Å²) in [5.74, 6) is 0.592. The SMILES string of the molecule is OB(Oc1ccccc1)Oc1ccccc1O. The van der Waals surface area contributed by atoms with E-state index in [2.05, 4.69) is 0 Å². The monoisotopic (exact) mass is 230 g/mol. The molecule has 0 unspecified atom stereocenters. The van der Waals surface area contributed by atoms with Crippen LogP contribution in [-0.4, -0.2) is 17.5 Å². The van der Waals surface area contributed by atoms with Crippen molar-refractivity contribution < 1.29 is 19.4 Å². The van der Waals surface area contributed by atoms with Crippen LogP contribution in [0.1, 0.15) is 0 Å². The molecule has 86 valence electrons. The third kappa shape index (κ3) is 3.16. The van der Waals surface area contributed by atoms with Crippen LogP contribution in [0.2, 0.25) is 0 Å². The van der Waals surface area contributed by atoms with Gasteiger partial charge in [-0.2, -0.15) is 0 Å². The molecule has 0 aromatic heterocycles. The standard InChI is InChI=1S/C12H11BO4/c14-11-8-4-5-9-12(11)17-13(15)16-10-6-2-1-3-7-10/h1-9,14-15H. The molecule has 0 saturated carbocycles. The second-order valence-corrected chi connectivity index (χ2v) is 3.32. The number of aromatic hydroxyl groups is 1. The summed E-state index contributed by atoms with van der Waals surface area (Å²) in [6.45, 7) is 0. The van der Waals surface area contributed by atoms with E-state index < -0.39 is 7.32 Å². The van der Waals surface area contributed by atoms with E-state index in [1.165, 1.54) is 12.1 Å². The zero-order valence-electron chi connectivity index (χ0n) is 8.98. The molecule has 0 heterocycles.